The first-order valence-electron chi connectivity index (χ1n) is 10.9. The first-order valence-corrected chi connectivity index (χ1v) is 10.9. The Morgan fingerprint density at radius 3 is 2.48 bits per heavy atom. The SMILES string of the molecule is Cc1ccc([C@@H]2c3c(oc4ccccc4c3=O)C(=O)N2CCCN2CCOCC2)cc1. The number of hydrogen-bond donors (Lipinski definition) is 0. The number of amides is 1. The highest BCUT2D eigenvalue weighted by atomic mass is 16.5. The molecule has 5 rings (SSSR count). The molecular weight excluding hydrogens is 392 g/mol. The number of ether oxygens (including phenoxy) is 1. The van der Waals surface area contributed by atoms with Crippen molar-refractivity contribution in [3.8, 4) is 0 Å². The van der Waals surface area contributed by atoms with Crippen LogP contribution in [0.25, 0.3) is 11.0 Å². The summed E-state index contributed by atoms with van der Waals surface area (Å²) in [6.07, 6.45) is 0.829. The summed E-state index contributed by atoms with van der Waals surface area (Å²) < 4.78 is 11.4. The minimum absolute atomic E-state index is 0.119. The van der Waals surface area contributed by atoms with E-state index in [0.717, 1.165) is 50.4 Å². The second-order valence-corrected chi connectivity index (χ2v) is 8.29. The maximum absolute atomic E-state index is 13.4. The highest BCUT2D eigenvalue weighted by molar-refractivity contribution is 5.99. The molecule has 31 heavy (non-hydrogen) atoms. The molecule has 1 fully saturated rings. The van der Waals surface area contributed by atoms with Crippen molar-refractivity contribution in [2.75, 3.05) is 39.4 Å². The molecule has 2 aliphatic rings. The van der Waals surface area contributed by atoms with E-state index in [1.807, 2.05) is 43.3 Å². The summed E-state index contributed by atoms with van der Waals surface area (Å²) in [6, 6.07) is 14.8. The lowest BCUT2D eigenvalue weighted by molar-refractivity contribution is 0.0353. The number of morpholine rings is 1. The Morgan fingerprint density at radius 1 is 0.968 bits per heavy atom. The van der Waals surface area contributed by atoms with E-state index in [1.165, 1.54) is 0 Å². The zero-order chi connectivity index (χ0) is 21.4. The topological polar surface area (TPSA) is 63.0 Å². The molecule has 6 nitrogen and oxygen atoms in total. The van der Waals surface area contributed by atoms with E-state index in [2.05, 4.69) is 4.90 Å². The quantitative estimate of drug-likeness (QED) is 0.636. The van der Waals surface area contributed by atoms with Crippen LogP contribution < -0.4 is 5.43 Å². The molecule has 1 amide bonds. The Hall–Kier alpha value is -2.96. The van der Waals surface area contributed by atoms with Crippen LogP contribution in [0.1, 0.15) is 39.7 Å². The zero-order valence-electron chi connectivity index (χ0n) is 17.7. The molecule has 0 aliphatic carbocycles. The van der Waals surface area contributed by atoms with Crippen molar-refractivity contribution in [3.63, 3.8) is 0 Å². The van der Waals surface area contributed by atoms with Gasteiger partial charge < -0.3 is 14.1 Å². The van der Waals surface area contributed by atoms with E-state index in [1.54, 1.807) is 17.0 Å². The smallest absolute Gasteiger partial charge is 0.290 e. The van der Waals surface area contributed by atoms with Crippen molar-refractivity contribution < 1.29 is 13.9 Å². The van der Waals surface area contributed by atoms with E-state index in [0.29, 0.717) is 23.1 Å². The van der Waals surface area contributed by atoms with Crippen LogP contribution in [-0.4, -0.2) is 55.1 Å². The molecule has 3 aromatic rings. The molecule has 0 unspecified atom stereocenters. The largest absolute Gasteiger partial charge is 0.450 e. The van der Waals surface area contributed by atoms with E-state index in [4.69, 9.17) is 9.15 Å². The summed E-state index contributed by atoms with van der Waals surface area (Å²) in [5.41, 5.74) is 2.87. The number of hydrogen-bond acceptors (Lipinski definition) is 5. The maximum atomic E-state index is 13.4. The minimum Gasteiger partial charge on any atom is -0.450 e. The summed E-state index contributed by atoms with van der Waals surface area (Å²) in [7, 11) is 0. The molecule has 160 valence electrons. The van der Waals surface area contributed by atoms with Gasteiger partial charge in [0.2, 0.25) is 5.76 Å². The molecule has 0 saturated carbocycles. The fourth-order valence-electron chi connectivity index (χ4n) is 4.58. The zero-order valence-corrected chi connectivity index (χ0v) is 17.7. The molecule has 0 bridgehead atoms. The van der Waals surface area contributed by atoms with E-state index in [9.17, 15) is 9.59 Å². The van der Waals surface area contributed by atoms with Crippen molar-refractivity contribution >= 4 is 16.9 Å². The van der Waals surface area contributed by atoms with Crippen LogP contribution in [0.3, 0.4) is 0 Å². The molecule has 2 aromatic carbocycles. The summed E-state index contributed by atoms with van der Waals surface area (Å²) in [5.74, 6) is -0.0222. The summed E-state index contributed by atoms with van der Waals surface area (Å²) in [6.45, 7) is 6.83. The first kappa shape index (κ1) is 20.0. The average Bonchev–Trinajstić information content (AvgIpc) is 3.07. The maximum Gasteiger partial charge on any atom is 0.290 e. The van der Waals surface area contributed by atoms with Gasteiger partial charge in [0.25, 0.3) is 5.91 Å². The number of benzene rings is 2. The van der Waals surface area contributed by atoms with Gasteiger partial charge in [0.15, 0.2) is 5.43 Å². The van der Waals surface area contributed by atoms with E-state index < -0.39 is 6.04 Å². The first-order chi connectivity index (χ1) is 15.1. The molecule has 0 N–H and O–H groups in total. The highest BCUT2D eigenvalue weighted by Gasteiger charge is 2.42. The molecule has 1 saturated heterocycles. The van der Waals surface area contributed by atoms with Crippen molar-refractivity contribution in [1.29, 1.82) is 0 Å². The van der Waals surface area contributed by atoms with Crippen LogP contribution in [0.5, 0.6) is 0 Å². The van der Waals surface area contributed by atoms with Gasteiger partial charge in [-0.25, -0.2) is 0 Å². The predicted octanol–water partition coefficient (Wildman–Crippen LogP) is 3.37. The molecule has 1 aromatic heterocycles. The second-order valence-electron chi connectivity index (χ2n) is 8.29. The summed E-state index contributed by atoms with van der Waals surface area (Å²) >= 11 is 0. The lowest BCUT2D eigenvalue weighted by Gasteiger charge is -2.29. The number of nitrogens with zero attached hydrogens (tertiary/aromatic N) is 2. The van der Waals surface area contributed by atoms with Crippen molar-refractivity contribution in [2.24, 2.45) is 0 Å². The van der Waals surface area contributed by atoms with E-state index in [-0.39, 0.29) is 17.1 Å². The molecule has 0 radical (unpaired) electrons. The standard InChI is InChI=1S/C25H26N2O4/c1-17-7-9-18(10-8-17)22-21-23(28)19-5-2-3-6-20(19)31-24(21)25(29)27(22)12-4-11-26-13-15-30-16-14-26/h2-3,5-10,22H,4,11-16H2,1H3/t22-/m1/s1. The summed E-state index contributed by atoms with van der Waals surface area (Å²) in [4.78, 5) is 31.0. The van der Waals surface area contributed by atoms with Gasteiger partial charge in [0.1, 0.15) is 5.58 Å². The summed E-state index contributed by atoms with van der Waals surface area (Å²) in [5, 5.41) is 0.515. The average molecular weight is 418 g/mol. The Balaban J connectivity index is 1.52. The fourth-order valence-corrected chi connectivity index (χ4v) is 4.58. The Morgan fingerprint density at radius 2 is 1.71 bits per heavy atom. The lowest BCUT2D eigenvalue weighted by Crippen LogP contribution is -2.38. The van der Waals surface area contributed by atoms with Crippen molar-refractivity contribution in [2.45, 2.75) is 19.4 Å². The molecule has 0 spiro atoms. The third kappa shape index (κ3) is 3.66. The van der Waals surface area contributed by atoms with Gasteiger partial charge in [0.05, 0.1) is 30.2 Å². The lowest BCUT2D eigenvalue weighted by atomic mass is 9.97. The van der Waals surface area contributed by atoms with E-state index >= 15 is 0 Å². The normalized spacial score (nSPS) is 19.2. The molecule has 6 heteroatoms. The van der Waals surface area contributed by atoms with Crippen LogP contribution in [0.15, 0.2) is 57.7 Å². The monoisotopic (exact) mass is 418 g/mol. The van der Waals surface area contributed by atoms with Gasteiger partial charge in [0, 0.05) is 26.2 Å². The number of para-hydroxylation sites is 1. The van der Waals surface area contributed by atoms with Gasteiger partial charge in [-0.15, -0.1) is 0 Å². The van der Waals surface area contributed by atoms with Crippen molar-refractivity contribution in [1.82, 2.24) is 9.80 Å². The van der Waals surface area contributed by atoms with Gasteiger partial charge >= 0.3 is 0 Å². The van der Waals surface area contributed by atoms with Gasteiger partial charge in [-0.3, -0.25) is 14.5 Å². The third-order valence-electron chi connectivity index (χ3n) is 6.24. The van der Waals surface area contributed by atoms with Crippen molar-refractivity contribution in [3.05, 3.63) is 81.2 Å². The van der Waals surface area contributed by atoms with Gasteiger partial charge in [-0.2, -0.15) is 0 Å². The van der Waals surface area contributed by atoms with Crippen LogP contribution in [-0.2, 0) is 4.74 Å². The molecular formula is C25H26N2O4. The molecule has 3 heterocycles. The van der Waals surface area contributed by atoms with Gasteiger partial charge in [-0.1, -0.05) is 42.0 Å². The van der Waals surface area contributed by atoms with Crippen LogP contribution in [0, 0.1) is 6.92 Å². The second kappa shape index (κ2) is 8.29. The predicted molar refractivity (Wildman–Crippen MR) is 118 cm³/mol. The van der Waals surface area contributed by atoms with Crippen LogP contribution in [0.4, 0.5) is 0 Å². The Kier molecular flexibility index (Phi) is 5.34. The number of carbonyl (C=O) groups excluding carboxylic acids is 1. The number of carbonyl (C=O) groups is 1. The third-order valence-corrected chi connectivity index (χ3v) is 6.24. The van der Waals surface area contributed by atoms with Gasteiger partial charge in [-0.05, 0) is 31.0 Å². The Labute approximate surface area is 181 Å². The number of aryl methyl sites for hydroxylation is 1. The number of fused-ring (bicyclic) bond motifs is 2. The van der Waals surface area contributed by atoms with Crippen LogP contribution in [0.2, 0.25) is 0 Å². The number of rotatable bonds is 5. The minimum atomic E-state index is -0.423. The van der Waals surface area contributed by atoms with Crippen LogP contribution >= 0.6 is 0 Å². The fraction of sp³-hybridized carbons (Fsp3) is 0.360. The molecule has 2 aliphatic heterocycles. The Bertz CT molecular complexity index is 1160. The highest BCUT2D eigenvalue weighted by Crippen LogP contribution is 2.38. The molecule has 1 atom stereocenters.